The maximum absolute atomic E-state index is 12.0. The maximum Gasteiger partial charge on any atom is 0.262 e. The van der Waals surface area contributed by atoms with Crippen molar-refractivity contribution in [2.45, 2.75) is 19.8 Å². The molecule has 1 aliphatic heterocycles. The Balaban J connectivity index is 1.53. The van der Waals surface area contributed by atoms with Crippen LogP contribution in [-0.2, 0) is 4.79 Å². The molecule has 0 bridgehead atoms. The Hall–Kier alpha value is -2.69. The molecule has 2 aromatic carbocycles. The van der Waals surface area contributed by atoms with Crippen LogP contribution in [0.5, 0.6) is 17.2 Å². The molecule has 0 fully saturated rings. The van der Waals surface area contributed by atoms with Crippen molar-refractivity contribution < 1.29 is 19.0 Å². The molecule has 0 unspecified atom stereocenters. The summed E-state index contributed by atoms with van der Waals surface area (Å²) >= 11 is 0. The smallest absolute Gasteiger partial charge is 0.262 e. The van der Waals surface area contributed by atoms with E-state index in [9.17, 15) is 4.79 Å². The van der Waals surface area contributed by atoms with Crippen molar-refractivity contribution in [1.82, 2.24) is 0 Å². The van der Waals surface area contributed by atoms with Crippen LogP contribution in [0.4, 0.5) is 5.69 Å². The van der Waals surface area contributed by atoms with Crippen LogP contribution in [0.2, 0.25) is 0 Å². The fourth-order valence-corrected chi connectivity index (χ4v) is 2.27. The van der Waals surface area contributed by atoms with E-state index < -0.39 is 0 Å². The molecule has 0 aliphatic carbocycles. The van der Waals surface area contributed by atoms with Gasteiger partial charge in [0.05, 0.1) is 0 Å². The molecule has 0 radical (unpaired) electrons. The Labute approximate surface area is 135 Å². The molecule has 0 aromatic heterocycles. The van der Waals surface area contributed by atoms with E-state index in [1.54, 1.807) is 18.2 Å². The average Bonchev–Trinajstić information content (AvgIpc) is 3.01. The highest BCUT2D eigenvalue weighted by molar-refractivity contribution is 5.92. The van der Waals surface area contributed by atoms with Gasteiger partial charge in [-0.2, -0.15) is 0 Å². The monoisotopic (exact) mass is 313 g/mol. The number of hydrogen-bond donors (Lipinski definition) is 1. The lowest BCUT2D eigenvalue weighted by molar-refractivity contribution is -0.118. The van der Waals surface area contributed by atoms with Gasteiger partial charge in [-0.3, -0.25) is 4.79 Å². The summed E-state index contributed by atoms with van der Waals surface area (Å²) in [5.74, 6) is 2.24. The van der Waals surface area contributed by atoms with Crippen molar-refractivity contribution >= 4 is 11.6 Å². The van der Waals surface area contributed by atoms with Gasteiger partial charge >= 0.3 is 0 Å². The number of rotatable bonds is 5. The summed E-state index contributed by atoms with van der Waals surface area (Å²) in [4.78, 5) is 12.0. The SMILES string of the molecule is CC(C)c1ccc(OCC(=O)Nc2ccc3c(c2)OCO3)cc1. The summed E-state index contributed by atoms with van der Waals surface area (Å²) in [6, 6.07) is 13.0. The first-order chi connectivity index (χ1) is 11.1. The molecular formula is C18H19NO4. The van der Waals surface area contributed by atoms with Gasteiger partial charge in [0.2, 0.25) is 6.79 Å². The van der Waals surface area contributed by atoms with Crippen molar-refractivity contribution in [2.75, 3.05) is 18.7 Å². The largest absolute Gasteiger partial charge is 0.484 e. The first kappa shape index (κ1) is 15.2. The Morgan fingerprint density at radius 3 is 2.61 bits per heavy atom. The van der Waals surface area contributed by atoms with Gasteiger partial charge in [-0.15, -0.1) is 0 Å². The van der Waals surface area contributed by atoms with Gasteiger partial charge in [0.1, 0.15) is 5.75 Å². The van der Waals surface area contributed by atoms with E-state index in [4.69, 9.17) is 14.2 Å². The lowest BCUT2D eigenvalue weighted by atomic mass is 10.0. The average molecular weight is 313 g/mol. The Kier molecular flexibility index (Phi) is 4.37. The summed E-state index contributed by atoms with van der Waals surface area (Å²) in [6.07, 6.45) is 0. The van der Waals surface area contributed by atoms with Gasteiger partial charge in [-0.05, 0) is 35.7 Å². The number of benzene rings is 2. The van der Waals surface area contributed by atoms with Crippen molar-refractivity contribution in [3.05, 3.63) is 48.0 Å². The summed E-state index contributed by atoms with van der Waals surface area (Å²) in [6.45, 7) is 4.43. The minimum Gasteiger partial charge on any atom is -0.484 e. The molecule has 1 aliphatic rings. The number of nitrogens with one attached hydrogen (secondary N) is 1. The van der Waals surface area contributed by atoms with E-state index in [0.717, 1.165) is 0 Å². The number of anilines is 1. The van der Waals surface area contributed by atoms with Gasteiger partial charge in [-0.1, -0.05) is 26.0 Å². The lowest BCUT2D eigenvalue weighted by Gasteiger charge is -2.09. The van der Waals surface area contributed by atoms with Gasteiger partial charge in [0, 0.05) is 11.8 Å². The van der Waals surface area contributed by atoms with Crippen molar-refractivity contribution in [3.8, 4) is 17.2 Å². The number of carbonyl (C=O) groups is 1. The van der Waals surface area contributed by atoms with E-state index in [1.165, 1.54) is 5.56 Å². The van der Waals surface area contributed by atoms with E-state index in [2.05, 4.69) is 19.2 Å². The second-order valence-corrected chi connectivity index (χ2v) is 5.63. The molecule has 2 aromatic rings. The van der Waals surface area contributed by atoms with E-state index >= 15 is 0 Å². The van der Waals surface area contributed by atoms with Crippen LogP contribution in [0.3, 0.4) is 0 Å². The maximum atomic E-state index is 12.0. The number of carbonyl (C=O) groups excluding carboxylic acids is 1. The molecule has 5 nitrogen and oxygen atoms in total. The van der Waals surface area contributed by atoms with Crippen LogP contribution in [-0.4, -0.2) is 19.3 Å². The predicted octanol–water partition coefficient (Wildman–Crippen LogP) is 3.56. The molecule has 1 heterocycles. The molecule has 3 rings (SSSR count). The summed E-state index contributed by atoms with van der Waals surface area (Å²) in [5.41, 5.74) is 1.89. The third-order valence-corrected chi connectivity index (χ3v) is 3.57. The second-order valence-electron chi connectivity index (χ2n) is 5.63. The van der Waals surface area contributed by atoms with E-state index in [1.807, 2.05) is 24.3 Å². The minimum absolute atomic E-state index is 0.0462. The van der Waals surface area contributed by atoms with Crippen LogP contribution in [0.25, 0.3) is 0 Å². The Bertz CT molecular complexity index is 695. The summed E-state index contributed by atoms with van der Waals surface area (Å²) in [5, 5.41) is 2.77. The van der Waals surface area contributed by atoms with Gasteiger partial charge in [0.15, 0.2) is 18.1 Å². The molecule has 0 atom stereocenters. The second kappa shape index (κ2) is 6.60. The first-order valence-electron chi connectivity index (χ1n) is 7.54. The molecule has 1 N–H and O–H groups in total. The quantitative estimate of drug-likeness (QED) is 0.917. The molecule has 5 heteroatoms. The number of ether oxygens (including phenoxy) is 3. The Morgan fingerprint density at radius 2 is 1.87 bits per heavy atom. The number of amides is 1. The molecule has 0 saturated carbocycles. The zero-order chi connectivity index (χ0) is 16.2. The lowest BCUT2D eigenvalue weighted by Crippen LogP contribution is -2.20. The highest BCUT2D eigenvalue weighted by Crippen LogP contribution is 2.34. The van der Waals surface area contributed by atoms with Crippen LogP contribution < -0.4 is 19.5 Å². The van der Waals surface area contributed by atoms with Crippen molar-refractivity contribution in [2.24, 2.45) is 0 Å². The normalized spacial score (nSPS) is 12.3. The van der Waals surface area contributed by atoms with Crippen LogP contribution in [0, 0.1) is 0 Å². The third kappa shape index (κ3) is 3.74. The molecule has 120 valence electrons. The fraction of sp³-hybridized carbons (Fsp3) is 0.278. The predicted molar refractivity (Wildman–Crippen MR) is 87.2 cm³/mol. The standard InChI is InChI=1S/C18H19NO4/c1-12(2)13-3-6-15(7-4-13)21-10-18(20)19-14-5-8-16-17(9-14)23-11-22-16/h3-9,12H,10-11H2,1-2H3,(H,19,20). The van der Waals surface area contributed by atoms with Crippen molar-refractivity contribution in [1.29, 1.82) is 0 Å². The summed E-state index contributed by atoms with van der Waals surface area (Å²) in [7, 11) is 0. The Morgan fingerprint density at radius 1 is 1.13 bits per heavy atom. The van der Waals surface area contributed by atoms with Gasteiger partial charge in [-0.25, -0.2) is 0 Å². The number of fused-ring (bicyclic) bond motifs is 1. The molecule has 0 spiro atoms. The highest BCUT2D eigenvalue weighted by Gasteiger charge is 2.14. The van der Waals surface area contributed by atoms with Gasteiger partial charge in [0.25, 0.3) is 5.91 Å². The fourth-order valence-electron chi connectivity index (χ4n) is 2.27. The van der Waals surface area contributed by atoms with Crippen LogP contribution in [0.15, 0.2) is 42.5 Å². The van der Waals surface area contributed by atoms with Gasteiger partial charge < -0.3 is 19.5 Å². The minimum atomic E-state index is -0.225. The zero-order valence-corrected chi connectivity index (χ0v) is 13.2. The molecule has 0 saturated heterocycles. The zero-order valence-electron chi connectivity index (χ0n) is 13.2. The van der Waals surface area contributed by atoms with Crippen LogP contribution in [0.1, 0.15) is 25.3 Å². The summed E-state index contributed by atoms with van der Waals surface area (Å²) < 4.78 is 16.0. The first-order valence-corrected chi connectivity index (χ1v) is 7.54. The molecule has 1 amide bonds. The highest BCUT2D eigenvalue weighted by atomic mass is 16.7. The van der Waals surface area contributed by atoms with Crippen LogP contribution >= 0.6 is 0 Å². The molecule has 23 heavy (non-hydrogen) atoms. The van der Waals surface area contributed by atoms with E-state index in [-0.39, 0.29) is 19.3 Å². The third-order valence-electron chi connectivity index (χ3n) is 3.57. The number of hydrogen-bond acceptors (Lipinski definition) is 4. The van der Waals surface area contributed by atoms with E-state index in [0.29, 0.717) is 28.9 Å². The molecular weight excluding hydrogens is 294 g/mol. The topological polar surface area (TPSA) is 56.8 Å². The van der Waals surface area contributed by atoms with Crippen molar-refractivity contribution in [3.63, 3.8) is 0 Å².